The minimum atomic E-state index is -4.86. The Bertz CT molecular complexity index is 932. The fraction of sp³-hybridized carbons (Fsp3) is 0.250. The van der Waals surface area contributed by atoms with E-state index in [4.69, 9.17) is 21.1 Å². The number of ether oxygens (including phenoxy) is 2. The van der Waals surface area contributed by atoms with Crippen LogP contribution in [0.1, 0.15) is 11.1 Å². The number of hydrogen-bond donors (Lipinski definition) is 1. The van der Waals surface area contributed by atoms with E-state index in [0.29, 0.717) is 36.3 Å². The van der Waals surface area contributed by atoms with Gasteiger partial charge in [-0.05, 0) is 35.9 Å². The van der Waals surface area contributed by atoms with Crippen molar-refractivity contribution in [3.8, 4) is 11.5 Å². The second-order valence-electron chi connectivity index (χ2n) is 5.44. The number of fused-ring (bicyclic) bond motifs is 1. The smallest absolute Gasteiger partial charge is 0.417 e. The summed E-state index contributed by atoms with van der Waals surface area (Å²) in [5.41, 5.74) is -0.806. The monoisotopic (exact) mass is 407 g/mol. The van der Waals surface area contributed by atoms with E-state index in [-0.39, 0.29) is 11.6 Å². The molecule has 26 heavy (non-hydrogen) atoms. The molecule has 1 heterocycles. The van der Waals surface area contributed by atoms with Crippen molar-refractivity contribution in [3.63, 3.8) is 0 Å². The average Bonchev–Trinajstić information content (AvgIpc) is 2.59. The van der Waals surface area contributed by atoms with Crippen LogP contribution in [0.2, 0.25) is 5.02 Å². The number of alkyl halides is 3. The summed E-state index contributed by atoms with van der Waals surface area (Å²) in [4.78, 5) is -0.882. The molecular formula is C16H13ClF3NO4S. The van der Waals surface area contributed by atoms with Crippen LogP contribution in [0.3, 0.4) is 0 Å². The van der Waals surface area contributed by atoms with Gasteiger partial charge >= 0.3 is 6.18 Å². The van der Waals surface area contributed by atoms with Crippen LogP contribution in [0.15, 0.2) is 41.3 Å². The van der Waals surface area contributed by atoms with E-state index in [1.54, 1.807) is 18.2 Å². The summed E-state index contributed by atoms with van der Waals surface area (Å²) in [6.07, 6.45) is -4.86. The van der Waals surface area contributed by atoms with Crippen molar-refractivity contribution in [2.75, 3.05) is 13.2 Å². The van der Waals surface area contributed by atoms with E-state index in [1.165, 1.54) is 0 Å². The summed E-state index contributed by atoms with van der Waals surface area (Å²) < 4.78 is 77.0. The van der Waals surface area contributed by atoms with Gasteiger partial charge in [0.1, 0.15) is 13.2 Å². The zero-order chi connectivity index (χ0) is 18.9. The highest BCUT2D eigenvalue weighted by atomic mass is 35.5. The van der Waals surface area contributed by atoms with Crippen LogP contribution in [0.4, 0.5) is 13.2 Å². The van der Waals surface area contributed by atoms with Crippen molar-refractivity contribution in [2.45, 2.75) is 17.6 Å². The van der Waals surface area contributed by atoms with E-state index >= 15 is 0 Å². The molecule has 0 fully saturated rings. The molecule has 3 rings (SSSR count). The summed E-state index contributed by atoms with van der Waals surface area (Å²) in [6.45, 7) is 0.566. The normalized spacial score (nSPS) is 14.3. The predicted octanol–water partition coefficient (Wildman–Crippen LogP) is 3.61. The summed E-state index contributed by atoms with van der Waals surface area (Å²) in [7, 11) is -4.41. The quantitative estimate of drug-likeness (QED) is 0.841. The van der Waals surface area contributed by atoms with Crippen LogP contribution < -0.4 is 14.2 Å². The zero-order valence-corrected chi connectivity index (χ0v) is 14.7. The van der Waals surface area contributed by atoms with Gasteiger partial charge in [0.15, 0.2) is 11.5 Å². The lowest BCUT2D eigenvalue weighted by molar-refractivity contribution is -0.139. The Morgan fingerprint density at radius 2 is 1.73 bits per heavy atom. The van der Waals surface area contributed by atoms with Crippen LogP contribution >= 0.6 is 11.6 Å². The maximum Gasteiger partial charge on any atom is 0.417 e. The topological polar surface area (TPSA) is 64.6 Å². The molecule has 0 unspecified atom stereocenters. The van der Waals surface area contributed by atoms with Gasteiger partial charge in [-0.15, -0.1) is 0 Å². The molecule has 1 aliphatic rings. The SMILES string of the molecule is O=S(=O)(NCc1ccc2c(c1)OCCO2)c1ccc(Cl)cc1C(F)(F)F. The number of sulfonamides is 1. The molecule has 5 nitrogen and oxygen atoms in total. The molecule has 0 bridgehead atoms. The highest BCUT2D eigenvalue weighted by molar-refractivity contribution is 7.89. The summed E-state index contributed by atoms with van der Waals surface area (Å²) in [6, 6.07) is 7.29. The van der Waals surface area contributed by atoms with Crippen molar-refractivity contribution in [1.82, 2.24) is 4.72 Å². The third-order valence-corrected chi connectivity index (χ3v) is 5.30. The van der Waals surface area contributed by atoms with Crippen LogP contribution in [0.25, 0.3) is 0 Å². The highest BCUT2D eigenvalue weighted by Gasteiger charge is 2.37. The summed E-state index contributed by atoms with van der Waals surface area (Å²) >= 11 is 5.57. The Labute approximate surface area is 152 Å². The van der Waals surface area contributed by atoms with E-state index in [2.05, 4.69) is 4.72 Å². The number of nitrogens with one attached hydrogen (secondary N) is 1. The van der Waals surface area contributed by atoms with Gasteiger partial charge in [0, 0.05) is 11.6 Å². The first-order chi connectivity index (χ1) is 12.2. The van der Waals surface area contributed by atoms with E-state index in [9.17, 15) is 21.6 Å². The molecule has 2 aromatic carbocycles. The minimum Gasteiger partial charge on any atom is -0.486 e. The third-order valence-electron chi connectivity index (χ3n) is 3.61. The Morgan fingerprint density at radius 1 is 1.04 bits per heavy atom. The number of halogens is 4. The van der Waals surface area contributed by atoms with Gasteiger partial charge in [0.2, 0.25) is 10.0 Å². The largest absolute Gasteiger partial charge is 0.486 e. The number of hydrogen-bond acceptors (Lipinski definition) is 4. The lowest BCUT2D eigenvalue weighted by Crippen LogP contribution is -2.26. The molecule has 1 aliphatic heterocycles. The lowest BCUT2D eigenvalue weighted by atomic mass is 10.2. The zero-order valence-electron chi connectivity index (χ0n) is 13.1. The number of rotatable bonds is 4. The van der Waals surface area contributed by atoms with Gasteiger partial charge in [-0.3, -0.25) is 0 Å². The maximum atomic E-state index is 13.1. The van der Waals surface area contributed by atoms with Gasteiger partial charge in [0.25, 0.3) is 0 Å². The highest BCUT2D eigenvalue weighted by Crippen LogP contribution is 2.36. The fourth-order valence-electron chi connectivity index (χ4n) is 2.41. The molecule has 10 heteroatoms. The average molecular weight is 408 g/mol. The molecule has 140 valence electrons. The first kappa shape index (κ1) is 18.8. The van der Waals surface area contributed by atoms with E-state index in [0.717, 1.165) is 12.1 Å². The van der Waals surface area contributed by atoms with E-state index < -0.39 is 26.7 Å². The van der Waals surface area contributed by atoms with Crippen LogP contribution in [-0.2, 0) is 22.7 Å². The third kappa shape index (κ3) is 4.05. The Kier molecular flexibility index (Phi) is 5.05. The minimum absolute atomic E-state index is 0.205. The molecule has 0 spiro atoms. The molecule has 2 aromatic rings. The van der Waals surface area contributed by atoms with Crippen molar-refractivity contribution < 1.29 is 31.1 Å². The van der Waals surface area contributed by atoms with Gasteiger partial charge in [-0.2, -0.15) is 13.2 Å². The first-order valence-electron chi connectivity index (χ1n) is 7.42. The van der Waals surface area contributed by atoms with Gasteiger partial charge < -0.3 is 9.47 Å². The summed E-state index contributed by atoms with van der Waals surface area (Å²) in [5.74, 6) is 0.982. The second-order valence-corrected chi connectivity index (χ2v) is 7.61. The van der Waals surface area contributed by atoms with Crippen LogP contribution in [0.5, 0.6) is 11.5 Å². The second kappa shape index (κ2) is 6.98. The molecule has 0 radical (unpaired) electrons. The van der Waals surface area contributed by atoms with Crippen LogP contribution in [-0.4, -0.2) is 21.6 Å². The fourth-order valence-corrected chi connectivity index (χ4v) is 3.81. The first-order valence-corrected chi connectivity index (χ1v) is 9.28. The molecule has 0 aliphatic carbocycles. The molecule has 1 N–H and O–H groups in total. The molecule has 0 aromatic heterocycles. The Morgan fingerprint density at radius 3 is 2.42 bits per heavy atom. The molecule has 0 saturated carbocycles. The Hall–Kier alpha value is -1.97. The van der Waals surface area contributed by atoms with Gasteiger partial charge in [-0.1, -0.05) is 17.7 Å². The molecular weight excluding hydrogens is 395 g/mol. The number of benzene rings is 2. The van der Waals surface area contributed by atoms with Crippen molar-refractivity contribution >= 4 is 21.6 Å². The molecule has 0 amide bonds. The van der Waals surface area contributed by atoms with Crippen molar-refractivity contribution in [1.29, 1.82) is 0 Å². The van der Waals surface area contributed by atoms with Crippen LogP contribution in [0, 0.1) is 0 Å². The Balaban J connectivity index is 1.84. The predicted molar refractivity (Wildman–Crippen MR) is 87.9 cm³/mol. The standard InChI is InChI=1S/C16H13ClF3NO4S/c17-11-2-4-15(12(8-11)16(18,19)20)26(22,23)21-9-10-1-3-13-14(7-10)25-6-5-24-13/h1-4,7-8,21H,5-6,9H2. The lowest BCUT2D eigenvalue weighted by Gasteiger charge is -2.19. The van der Waals surface area contributed by atoms with Crippen molar-refractivity contribution in [3.05, 3.63) is 52.5 Å². The van der Waals surface area contributed by atoms with E-state index in [1.807, 2.05) is 0 Å². The van der Waals surface area contributed by atoms with Crippen molar-refractivity contribution in [2.24, 2.45) is 0 Å². The molecule has 0 saturated heterocycles. The molecule has 0 atom stereocenters. The summed E-state index contributed by atoms with van der Waals surface area (Å²) in [5, 5.41) is -0.205. The van der Waals surface area contributed by atoms with Gasteiger partial charge in [-0.25, -0.2) is 13.1 Å². The maximum absolute atomic E-state index is 13.1. The van der Waals surface area contributed by atoms with Gasteiger partial charge in [0.05, 0.1) is 10.5 Å².